The highest BCUT2D eigenvalue weighted by Gasteiger charge is 2.28. The van der Waals surface area contributed by atoms with Gasteiger partial charge in [0.05, 0.1) is 13.8 Å². The van der Waals surface area contributed by atoms with E-state index in [4.69, 9.17) is 4.84 Å². The lowest BCUT2D eigenvalue weighted by molar-refractivity contribution is 0.144. The Bertz CT molecular complexity index is 424. The Morgan fingerprint density at radius 1 is 1.15 bits per heavy atom. The van der Waals surface area contributed by atoms with Crippen LogP contribution in [0.25, 0.3) is 0 Å². The molecule has 1 aromatic rings. The van der Waals surface area contributed by atoms with E-state index in [1.54, 1.807) is 0 Å². The fraction of sp³-hybridized carbons (Fsp3) is 0.588. The second kappa shape index (κ2) is 7.63. The summed E-state index contributed by atoms with van der Waals surface area (Å²) in [6, 6.07) is 14.7. The van der Waals surface area contributed by atoms with Gasteiger partial charge in [0, 0.05) is 0 Å². The Balaban J connectivity index is 1.68. The normalized spacial score (nSPS) is 18.8. The van der Waals surface area contributed by atoms with Crippen molar-refractivity contribution < 1.29 is 4.84 Å². The monoisotopic (exact) mass is 289 g/mol. The Hall–Kier alpha value is -1.09. The predicted octanol–water partition coefficient (Wildman–Crippen LogP) is 5.08. The highest BCUT2D eigenvalue weighted by atomic mass is 28.3. The average molecular weight is 289 g/mol. The first kappa shape index (κ1) is 15.3. The molecule has 0 amide bonds. The van der Waals surface area contributed by atoms with Gasteiger partial charge in [0.1, 0.15) is 6.61 Å². The van der Waals surface area contributed by atoms with Crippen molar-refractivity contribution in [3.8, 4) is 0 Å². The molecule has 1 fully saturated rings. The molecule has 1 aliphatic rings. The van der Waals surface area contributed by atoms with Crippen molar-refractivity contribution >= 4 is 13.8 Å². The Kier molecular flexibility index (Phi) is 5.83. The van der Waals surface area contributed by atoms with Gasteiger partial charge in [-0.05, 0) is 18.9 Å². The summed E-state index contributed by atoms with van der Waals surface area (Å²) in [5.41, 5.74) is 2.10. The molecule has 0 N–H and O–H groups in total. The van der Waals surface area contributed by atoms with E-state index in [9.17, 15) is 0 Å². The molecule has 3 heteroatoms. The Morgan fingerprint density at radius 2 is 1.85 bits per heavy atom. The van der Waals surface area contributed by atoms with Gasteiger partial charge in [-0.15, -0.1) is 0 Å². The minimum atomic E-state index is -0.906. The van der Waals surface area contributed by atoms with Crippen LogP contribution < -0.4 is 0 Å². The van der Waals surface area contributed by atoms with Crippen molar-refractivity contribution in [2.75, 3.05) is 6.61 Å². The van der Waals surface area contributed by atoms with Crippen LogP contribution in [0.4, 0.5) is 0 Å². The SMILES string of the molecule is C/C(=N\OCCC[Si]1(C)CCCCC1)c1ccccc1. The zero-order valence-electron chi connectivity index (χ0n) is 12.9. The molecule has 0 aromatic heterocycles. The van der Waals surface area contributed by atoms with Crippen LogP contribution in [0.3, 0.4) is 0 Å². The van der Waals surface area contributed by atoms with Crippen molar-refractivity contribution in [2.24, 2.45) is 5.16 Å². The van der Waals surface area contributed by atoms with Crippen molar-refractivity contribution in [1.29, 1.82) is 0 Å². The fourth-order valence-corrected chi connectivity index (χ4v) is 7.05. The zero-order chi connectivity index (χ0) is 14.3. The molecule has 0 unspecified atom stereocenters. The molecule has 0 spiro atoms. The molecule has 1 saturated heterocycles. The van der Waals surface area contributed by atoms with Gasteiger partial charge < -0.3 is 4.84 Å². The minimum Gasteiger partial charge on any atom is -0.396 e. The largest absolute Gasteiger partial charge is 0.396 e. The summed E-state index contributed by atoms with van der Waals surface area (Å²) in [4.78, 5) is 5.50. The molecule has 0 radical (unpaired) electrons. The van der Waals surface area contributed by atoms with E-state index >= 15 is 0 Å². The van der Waals surface area contributed by atoms with Crippen molar-refractivity contribution in [2.45, 2.75) is 57.3 Å². The zero-order valence-corrected chi connectivity index (χ0v) is 13.9. The maximum absolute atomic E-state index is 5.50. The highest BCUT2D eigenvalue weighted by Crippen LogP contribution is 2.32. The minimum absolute atomic E-state index is 0.771. The third-order valence-electron chi connectivity index (χ3n) is 4.47. The highest BCUT2D eigenvalue weighted by molar-refractivity contribution is 6.78. The van der Waals surface area contributed by atoms with E-state index in [2.05, 4.69) is 23.8 Å². The molecule has 1 aromatic carbocycles. The van der Waals surface area contributed by atoms with Crippen LogP contribution in [0.15, 0.2) is 35.5 Å². The Labute approximate surface area is 124 Å². The quantitative estimate of drug-likeness (QED) is 0.310. The second-order valence-electron chi connectivity index (χ2n) is 6.35. The number of benzene rings is 1. The second-order valence-corrected chi connectivity index (χ2v) is 11.5. The molecule has 2 nitrogen and oxygen atoms in total. The summed E-state index contributed by atoms with van der Waals surface area (Å²) in [6.45, 7) is 5.35. The van der Waals surface area contributed by atoms with E-state index in [0.717, 1.165) is 17.9 Å². The average Bonchev–Trinajstić information content (AvgIpc) is 2.48. The van der Waals surface area contributed by atoms with Gasteiger partial charge in [-0.1, -0.05) is 79.4 Å². The first-order valence-corrected chi connectivity index (χ1v) is 11.0. The van der Waals surface area contributed by atoms with E-state index in [1.807, 2.05) is 25.1 Å². The number of hydrogen-bond acceptors (Lipinski definition) is 2. The summed E-state index contributed by atoms with van der Waals surface area (Å²) >= 11 is 0. The molecule has 0 aliphatic carbocycles. The van der Waals surface area contributed by atoms with Gasteiger partial charge in [0.2, 0.25) is 0 Å². The Morgan fingerprint density at radius 3 is 2.55 bits per heavy atom. The third kappa shape index (κ3) is 4.78. The van der Waals surface area contributed by atoms with Crippen LogP contribution in [0.2, 0.25) is 24.7 Å². The van der Waals surface area contributed by atoms with Crippen LogP contribution >= 0.6 is 0 Å². The topological polar surface area (TPSA) is 21.6 Å². The van der Waals surface area contributed by atoms with Crippen LogP contribution in [0.5, 0.6) is 0 Å². The van der Waals surface area contributed by atoms with E-state index in [0.29, 0.717) is 0 Å². The van der Waals surface area contributed by atoms with Crippen molar-refractivity contribution in [1.82, 2.24) is 0 Å². The molecular formula is C17H27NOSi. The van der Waals surface area contributed by atoms with Gasteiger partial charge in [0.15, 0.2) is 0 Å². The lowest BCUT2D eigenvalue weighted by atomic mass is 10.1. The van der Waals surface area contributed by atoms with Crippen molar-refractivity contribution in [3.05, 3.63) is 35.9 Å². The van der Waals surface area contributed by atoms with Crippen LogP contribution in [0.1, 0.15) is 38.2 Å². The summed E-state index contributed by atoms with van der Waals surface area (Å²) < 4.78 is 0. The molecule has 0 atom stereocenters. The molecule has 2 rings (SSSR count). The van der Waals surface area contributed by atoms with Gasteiger partial charge in [-0.2, -0.15) is 0 Å². The maximum Gasteiger partial charge on any atom is 0.116 e. The summed E-state index contributed by atoms with van der Waals surface area (Å²) in [5, 5.41) is 4.23. The molecule has 0 bridgehead atoms. The van der Waals surface area contributed by atoms with Crippen LogP contribution in [-0.2, 0) is 4.84 Å². The predicted molar refractivity (Wildman–Crippen MR) is 89.1 cm³/mol. The van der Waals surface area contributed by atoms with Gasteiger partial charge in [-0.3, -0.25) is 0 Å². The lowest BCUT2D eigenvalue weighted by Crippen LogP contribution is -2.32. The molecular weight excluding hydrogens is 262 g/mol. The van der Waals surface area contributed by atoms with Gasteiger partial charge >= 0.3 is 0 Å². The van der Waals surface area contributed by atoms with Crippen LogP contribution in [0, 0.1) is 0 Å². The first-order chi connectivity index (χ1) is 9.70. The molecule has 110 valence electrons. The number of hydrogen-bond donors (Lipinski definition) is 0. The molecule has 0 saturated carbocycles. The van der Waals surface area contributed by atoms with Crippen LogP contribution in [-0.4, -0.2) is 20.4 Å². The summed E-state index contributed by atoms with van der Waals surface area (Å²) in [6.07, 6.45) is 5.57. The summed E-state index contributed by atoms with van der Waals surface area (Å²) in [7, 11) is -0.906. The lowest BCUT2D eigenvalue weighted by Gasteiger charge is -2.31. The number of nitrogens with zero attached hydrogens (tertiary/aromatic N) is 1. The standard InChI is InChI=1S/C17H27NOSi/c1-16(17-10-5-3-6-11-17)18-19-12-9-15-20(2)13-7-4-8-14-20/h3,5-6,10-11H,4,7-9,12-15H2,1-2H3/b18-16+. The first-order valence-electron chi connectivity index (χ1n) is 7.92. The smallest absolute Gasteiger partial charge is 0.116 e. The maximum atomic E-state index is 5.50. The molecule has 1 aliphatic heterocycles. The third-order valence-corrected chi connectivity index (χ3v) is 9.15. The molecule has 1 heterocycles. The van der Waals surface area contributed by atoms with Crippen molar-refractivity contribution in [3.63, 3.8) is 0 Å². The fourth-order valence-electron chi connectivity index (χ4n) is 3.09. The van der Waals surface area contributed by atoms with Gasteiger partial charge in [-0.25, -0.2) is 0 Å². The van der Waals surface area contributed by atoms with E-state index in [1.165, 1.54) is 43.8 Å². The van der Waals surface area contributed by atoms with Gasteiger partial charge in [0.25, 0.3) is 0 Å². The van der Waals surface area contributed by atoms with E-state index in [-0.39, 0.29) is 0 Å². The number of rotatable bonds is 6. The summed E-state index contributed by atoms with van der Waals surface area (Å²) in [5.74, 6) is 0. The van der Waals surface area contributed by atoms with E-state index < -0.39 is 8.07 Å². The molecule has 20 heavy (non-hydrogen) atoms. The number of oxime groups is 1.